The molecule has 0 saturated carbocycles. The molecular weight excluding hydrogens is 303 g/mol. The molecule has 5 nitrogen and oxygen atoms in total. The summed E-state index contributed by atoms with van der Waals surface area (Å²) in [5, 5.41) is 0. The van der Waals surface area contributed by atoms with Gasteiger partial charge in [0.1, 0.15) is 0 Å². The minimum Gasteiger partial charge on any atom is -0.469 e. The number of hydrogen-bond donors (Lipinski definition) is 1. The van der Waals surface area contributed by atoms with Crippen LogP contribution in [0.3, 0.4) is 0 Å². The number of carbonyl (C=O) groups is 1. The van der Waals surface area contributed by atoms with Gasteiger partial charge in [0.25, 0.3) is 6.43 Å². The van der Waals surface area contributed by atoms with Crippen LogP contribution in [0.25, 0.3) is 0 Å². The third kappa shape index (κ3) is 4.81. The Morgan fingerprint density at radius 1 is 1.43 bits per heavy atom. The molecule has 0 radical (unpaired) electrons. The summed E-state index contributed by atoms with van der Waals surface area (Å²) in [5.74, 6) is -1.89. The van der Waals surface area contributed by atoms with Gasteiger partial charge in [0.05, 0.1) is 19.2 Å². The molecule has 0 atom stereocenters. The van der Waals surface area contributed by atoms with Crippen LogP contribution >= 0.6 is 0 Å². The summed E-state index contributed by atoms with van der Waals surface area (Å²) in [4.78, 5) is 14.4. The molecule has 10 heteroatoms. The third-order valence-electron chi connectivity index (χ3n) is 2.38. The summed E-state index contributed by atoms with van der Waals surface area (Å²) in [5.41, 5.74) is 3.58. The fraction of sp³-hybridized carbons (Fsp3) is 0.455. The molecule has 0 aliphatic rings. The molecule has 0 unspecified atom stereocenters. The fourth-order valence-electron chi connectivity index (χ4n) is 1.48. The van der Waals surface area contributed by atoms with E-state index < -0.39 is 48.9 Å². The lowest BCUT2D eigenvalue weighted by Crippen LogP contribution is -2.21. The zero-order chi connectivity index (χ0) is 16.2. The van der Waals surface area contributed by atoms with Crippen LogP contribution in [0.2, 0.25) is 0 Å². The van der Waals surface area contributed by atoms with Crippen LogP contribution < -0.4 is 10.5 Å². The van der Waals surface area contributed by atoms with Gasteiger partial charge < -0.3 is 15.2 Å². The predicted molar refractivity (Wildman–Crippen MR) is 59.5 cm³/mol. The Morgan fingerprint density at radius 2 is 2.05 bits per heavy atom. The SMILES string of the molecule is COC(=O)Cc1nc(OC(F)(F)F)c(CN)cc1C(F)F. The van der Waals surface area contributed by atoms with Crippen LogP contribution in [0.15, 0.2) is 6.07 Å². The summed E-state index contributed by atoms with van der Waals surface area (Å²) in [6.45, 7) is -0.489. The molecule has 0 saturated heterocycles. The van der Waals surface area contributed by atoms with Crippen LogP contribution in [0.4, 0.5) is 22.0 Å². The van der Waals surface area contributed by atoms with Crippen molar-refractivity contribution in [2.45, 2.75) is 25.8 Å². The van der Waals surface area contributed by atoms with Crippen molar-refractivity contribution in [1.29, 1.82) is 0 Å². The molecule has 0 aliphatic heterocycles. The van der Waals surface area contributed by atoms with Gasteiger partial charge in [-0.2, -0.15) is 0 Å². The number of aromatic nitrogens is 1. The number of nitrogens with zero attached hydrogens (tertiary/aromatic N) is 1. The molecule has 0 bridgehead atoms. The first-order valence-corrected chi connectivity index (χ1v) is 5.51. The number of rotatable bonds is 5. The molecule has 1 aromatic rings. The molecular formula is C11H11F5N2O3. The van der Waals surface area contributed by atoms with Gasteiger partial charge in [-0.3, -0.25) is 4.79 Å². The second-order valence-electron chi connectivity index (χ2n) is 3.79. The smallest absolute Gasteiger partial charge is 0.469 e. The number of ether oxygens (including phenoxy) is 2. The number of carbonyl (C=O) groups excluding carboxylic acids is 1. The van der Waals surface area contributed by atoms with Gasteiger partial charge in [0.2, 0.25) is 5.88 Å². The molecule has 0 aromatic carbocycles. The normalized spacial score (nSPS) is 11.6. The first kappa shape index (κ1) is 17.1. The molecule has 1 aromatic heterocycles. The molecule has 118 valence electrons. The average molecular weight is 314 g/mol. The number of pyridine rings is 1. The van der Waals surface area contributed by atoms with Crippen LogP contribution in [0.5, 0.6) is 5.88 Å². The molecule has 0 spiro atoms. The van der Waals surface area contributed by atoms with E-state index in [2.05, 4.69) is 14.5 Å². The van der Waals surface area contributed by atoms with Crippen molar-refractivity contribution >= 4 is 5.97 Å². The van der Waals surface area contributed by atoms with E-state index in [0.29, 0.717) is 0 Å². The molecule has 0 aliphatic carbocycles. The van der Waals surface area contributed by atoms with Crippen molar-refractivity contribution in [1.82, 2.24) is 4.98 Å². The standard InChI is InChI=1S/C11H11F5N2O3/c1-20-8(19)3-7-6(9(12)13)2-5(4-17)10(18-7)21-11(14,15)16/h2,9H,3-4,17H2,1H3. The molecule has 1 heterocycles. The average Bonchev–Trinajstić information content (AvgIpc) is 2.36. The van der Waals surface area contributed by atoms with Crippen LogP contribution in [-0.4, -0.2) is 24.4 Å². The van der Waals surface area contributed by atoms with Crippen molar-refractivity contribution in [3.63, 3.8) is 0 Å². The Bertz CT molecular complexity index is 519. The maximum Gasteiger partial charge on any atom is 0.574 e. The number of esters is 1. The van der Waals surface area contributed by atoms with Gasteiger partial charge in [-0.1, -0.05) is 0 Å². The molecule has 21 heavy (non-hydrogen) atoms. The fourth-order valence-corrected chi connectivity index (χ4v) is 1.48. The third-order valence-corrected chi connectivity index (χ3v) is 2.38. The summed E-state index contributed by atoms with van der Waals surface area (Å²) in [6.07, 6.45) is -8.82. The van der Waals surface area contributed by atoms with E-state index in [1.165, 1.54) is 0 Å². The Labute approximate surface area is 115 Å². The molecule has 1 rings (SSSR count). The first-order valence-electron chi connectivity index (χ1n) is 5.51. The van der Waals surface area contributed by atoms with E-state index in [0.717, 1.165) is 13.2 Å². The molecule has 2 N–H and O–H groups in total. The zero-order valence-electron chi connectivity index (χ0n) is 10.7. The number of nitrogens with two attached hydrogens (primary N) is 1. The highest BCUT2D eigenvalue weighted by atomic mass is 19.4. The first-order chi connectivity index (χ1) is 9.67. The zero-order valence-corrected chi connectivity index (χ0v) is 10.7. The van der Waals surface area contributed by atoms with Gasteiger partial charge in [-0.15, -0.1) is 13.2 Å². The summed E-state index contributed by atoms with van der Waals surface area (Å²) in [6, 6.07) is 0.733. The quantitative estimate of drug-likeness (QED) is 0.665. The monoisotopic (exact) mass is 314 g/mol. The van der Waals surface area contributed by atoms with Crippen molar-refractivity contribution in [3.05, 3.63) is 22.9 Å². The van der Waals surface area contributed by atoms with Gasteiger partial charge >= 0.3 is 12.3 Å². The molecule has 0 amide bonds. The van der Waals surface area contributed by atoms with Crippen molar-refractivity contribution in [2.75, 3.05) is 7.11 Å². The highest BCUT2D eigenvalue weighted by Gasteiger charge is 2.34. The van der Waals surface area contributed by atoms with Crippen molar-refractivity contribution < 1.29 is 36.2 Å². The number of methoxy groups -OCH3 is 1. The second kappa shape index (κ2) is 6.66. The Morgan fingerprint density at radius 3 is 2.48 bits per heavy atom. The second-order valence-corrected chi connectivity index (χ2v) is 3.79. The number of halogens is 5. The highest BCUT2D eigenvalue weighted by Crippen LogP contribution is 2.30. The van der Waals surface area contributed by atoms with Crippen molar-refractivity contribution in [2.24, 2.45) is 5.73 Å². The predicted octanol–water partition coefficient (Wildman–Crippen LogP) is 2.09. The lowest BCUT2D eigenvalue weighted by Gasteiger charge is -2.15. The minimum atomic E-state index is -5.06. The summed E-state index contributed by atoms with van der Waals surface area (Å²) in [7, 11) is 1.01. The van der Waals surface area contributed by atoms with Gasteiger partial charge in [-0.05, 0) is 6.07 Å². The highest BCUT2D eigenvalue weighted by molar-refractivity contribution is 5.72. The van der Waals surface area contributed by atoms with Gasteiger partial charge in [-0.25, -0.2) is 13.8 Å². The van der Waals surface area contributed by atoms with Gasteiger partial charge in [0, 0.05) is 17.7 Å². The van der Waals surface area contributed by atoms with E-state index in [9.17, 15) is 26.7 Å². The Hall–Kier alpha value is -1.97. The summed E-state index contributed by atoms with van der Waals surface area (Å²) >= 11 is 0. The Balaban J connectivity index is 3.31. The van der Waals surface area contributed by atoms with Crippen LogP contribution in [0.1, 0.15) is 23.2 Å². The lowest BCUT2D eigenvalue weighted by molar-refractivity contribution is -0.276. The maximum atomic E-state index is 12.9. The van der Waals surface area contributed by atoms with E-state index >= 15 is 0 Å². The minimum absolute atomic E-state index is 0.351. The van der Waals surface area contributed by atoms with E-state index in [1.807, 2.05) is 0 Å². The maximum absolute atomic E-state index is 12.9. The van der Waals surface area contributed by atoms with E-state index in [4.69, 9.17) is 5.73 Å². The van der Waals surface area contributed by atoms with Crippen LogP contribution in [-0.2, 0) is 22.5 Å². The largest absolute Gasteiger partial charge is 0.574 e. The lowest BCUT2D eigenvalue weighted by atomic mass is 10.1. The topological polar surface area (TPSA) is 74.4 Å². The Kier molecular flexibility index (Phi) is 5.41. The molecule has 0 fully saturated rings. The van der Waals surface area contributed by atoms with E-state index in [-0.39, 0.29) is 5.56 Å². The number of alkyl halides is 5. The van der Waals surface area contributed by atoms with Crippen molar-refractivity contribution in [3.8, 4) is 5.88 Å². The van der Waals surface area contributed by atoms with Gasteiger partial charge in [0.15, 0.2) is 0 Å². The number of hydrogen-bond acceptors (Lipinski definition) is 5. The summed E-state index contributed by atoms with van der Waals surface area (Å²) < 4.78 is 70.3. The van der Waals surface area contributed by atoms with Crippen LogP contribution in [0, 0.1) is 0 Å². The van der Waals surface area contributed by atoms with E-state index in [1.54, 1.807) is 0 Å².